The van der Waals surface area contributed by atoms with Crippen molar-refractivity contribution in [2.75, 3.05) is 0 Å². The normalized spacial score (nSPS) is 12.5. The molecule has 0 unspecified atom stereocenters. The summed E-state index contributed by atoms with van der Waals surface area (Å²) in [6.07, 6.45) is 1.89. The van der Waals surface area contributed by atoms with Gasteiger partial charge in [0.15, 0.2) is 11.5 Å². The molecular weight excluding hydrogens is 260 g/mol. The Morgan fingerprint density at radius 3 is 3.00 bits per heavy atom. The maximum absolute atomic E-state index is 12.0. The van der Waals surface area contributed by atoms with Gasteiger partial charge in [0.25, 0.3) is 5.91 Å². The molecule has 3 heterocycles. The summed E-state index contributed by atoms with van der Waals surface area (Å²) in [6.45, 7) is 1.90. The van der Waals surface area contributed by atoms with E-state index in [1.54, 1.807) is 6.07 Å². The molecule has 96 valence electrons. The van der Waals surface area contributed by atoms with Gasteiger partial charge in [0.2, 0.25) is 0 Å². The number of carbonyl (C=O) groups excluding carboxylic acids is 1. The van der Waals surface area contributed by atoms with Crippen LogP contribution in [-0.4, -0.2) is 20.5 Å². The monoisotopic (exact) mass is 272 g/mol. The van der Waals surface area contributed by atoms with Gasteiger partial charge in [-0.15, -0.1) is 21.5 Å². The van der Waals surface area contributed by atoms with E-state index >= 15 is 0 Å². The van der Waals surface area contributed by atoms with E-state index in [2.05, 4.69) is 15.5 Å². The number of carbonyl (C=O) groups is 1. The number of thiophene rings is 1. The second-order valence-corrected chi connectivity index (χ2v) is 5.11. The fourth-order valence-corrected chi connectivity index (χ4v) is 2.52. The van der Waals surface area contributed by atoms with Gasteiger partial charge in [0, 0.05) is 6.20 Å². The number of pyridine rings is 1. The average Bonchev–Trinajstić information content (AvgIpc) is 3.08. The number of nitrogens with zero attached hydrogens (tertiary/aromatic N) is 3. The smallest absolute Gasteiger partial charge is 0.261 e. The summed E-state index contributed by atoms with van der Waals surface area (Å²) < 4.78 is 1.87. The van der Waals surface area contributed by atoms with Crippen molar-refractivity contribution in [2.24, 2.45) is 0 Å². The lowest BCUT2D eigenvalue weighted by atomic mass is 10.3. The lowest BCUT2D eigenvalue weighted by Crippen LogP contribution is -2.27. The van der Waals surface area contributed by atoms with Crippen molar-refractivity contribution < 1.29 is 4.79 Å². The Bertz CT molecular complexity index is 704. The Kier molecular flexibility index (Phi) is 3.00. The third-order valence-electron chi connectivity index (χ3n) is 2.82. The quantitative estimate of drug-likeness (QED) is 0.795. The number of hydrogen-bond donors (Lipinski definition) is 1. The van der Waals surface area contributed by atoms with Crippen molar-refractivity contribution in [3.63, 3.8) is 0 Å². The first-order valence-electron chi connectivity index (χ1n) is 5.90. The summed E-state index contributed by atoms with van der Waals surface area (Å²) in [6, 6.07) is 9.15. The van der Waals surface area contributed by atoms with E-state index in [1.807, 2.05) is 47.2 Å². The molecule has 0 saturated carbocycles. The third-order valence-corrected chi connectivity index (χ3v) is 3.69. The minimum absolute atomic E-state index is 0.0878. The van der Waals surface area contributed by atoms with Crippen LogP contribution in [0.3, 0.4) is 0 Å². The molecule has 0 aromatic carbocycles. The van der Waals surface area contributed by atoms with Gasteiger partial charge < -0.3 is 5.32 Å². The molecule has 1 N–H and O–H groups in total. The highest BCUT2D eigenvalue weighted by Crippen LogP contribution is 2.14. The second-order valence-electron chi connectivity index (χ2n) is 4.16. The maximum Gasteiger partial charge on any atom is 0.261 e. The molecule has 0 fully saturated rings. The molecule has 3 aromatic heterocycles. The first-order chi connectivity index (χ1) is 9.25. The molecule has 1 atom stereocenters. The SMILES string of the molecule is C[C@@H](NC(=O)c1cccs1)c1nnc2ccccn12. The lowest BCUT2D eigenvalue weighted by Gasteiger charge is -2.11. The van der Waals surface area contributed by atoms with Gasteiger partial charge in [0.05, 0.1) is 10.9 Å². The molecule has 3 rings (SSSR count). The topological polar surface area (TPSA) is 59.3 Å². The summed E-state index contributed by atoms with van der Waals surface area (Å²) in [7, 11) is 0. The summed E-state index contributed by atoms with van der Waals surface area (Å²) >= 11 is 1.42. The molecule has 0 saturated heterocycles. The molecule has 3 aromatic rings. The summed E-state index contributed by atoms with van der Waals surface area (Å²) in [4.78, 5) is 12.7. The predicted molar refractivity (Wildman–Crippen MR) is 73.2 cm³/mol. The minimum atomic E-state index is -0.202. The molecule has 0 bridgehead atoms. The van der Waals surface area contributed by atoms with Gasteiger partial charge in [-0.1, -0.05) is 12.1 Å². The minimum Gasteiger partial charge on any atom is -0.342 e. The summed E-state index contributed by atoms with van der Waals surface area (Å²) in [5, 5.41) is 13.0. The van der Waals surface area contributed by atoms with Crippen LogP contribution in [0.2, 0.25) is 0 Å². The second kappa shape index (κ2) is 4.81. The first kappa shape index (κ1) is 11.9. The molecule has 1 amide bonds. The van der Waals surface area contributed by atoms with Gasteiger partial charge in [-0.05, 0) is 30.5 Å². The number of hydrogen-bond acceptors (Lipinski definition) is 4. The van der Waals surface area contributed by atoms with Crippen LogP contribution in [0.25, 0.3) is 5.65 Å². The zero-order chi connectivity index (χ0) is 13.2. The van der Waals surface area contributed by atoms with Crippen LogP contribution in [0.1, 0.15) is 28.5 Å². The molecule has 0 radical (unpaired) electrons. The van der Waals surface area contributed by atoms with Gasteiger partial charge in [-0.2, -0.15) is 0 Å². The Hall–Kier alpha value is -2.21. The molecule has 6 heteroatoms. The predicted octanol–water partition coefficient (Wildman–Crippen LogP) is 2.28. The average molecular weight is 272 g/mol. The van der Waals surface area contributed by atoms with Crippen LogP contribution in [0.5, 0.6) is 0 Å². The van der Waals surface area contributed by atoms with Crippen molar-refractivity contribution in [3.05, 3.63) is 52.6 Å². The summed E-state index contributed by atoms with van der Waals surface area (Å²) in [5.41, 5.74) is 0.773. The largest absolute Gasteiger partial charge is 0.342 e. The van der Waals surface area contributed by atoms with E-state index in [1.165, 1.54) is 11.3 Å². The first-order valence-corrected chi connectivity index (χ1v) is 6.77. The highest BCUT2D eigenvalue weighted by Gasteiger charge is 2.16. The number of nitrogens with one attached hydrogen (secondary N) is 1. The van der Waals surface area contributed by atoms with Gasteiger partial charge in [0.1, 0.15) is 0 Å². The van der Waals surface area contributed by atoms with Gasteiger partial charge in [-0.3, -0.25) is 9.20 Å². The van der Waals surface area contributed by atoms with E-state index in [0.29, 0.717) is 4.88 Å². The molecule has 0 aliphatic rings. The summed E-state index contributed by atoms with van der Waals surface area (Å²) in [5.74, 6) is 0.635. The molecule has 19 heavy (non-hydrogen) atoms. The number of rotatable bonds is 3. The van der Waals surface area contributed by atoms with Crippen molar-refractivity contribution in [2.45, 2.75) is 13.0 Å². The van der Waals surface area contributed by atoms with Crippen LogP contribution in [-0.2, 0) is 0 Å². The Morgan fingerprint density at radius 2 is 2.21 bits per heavy atom. The van der Waals surface area contributed by atoms with Crippen LogP contribution >= 0.6 is 11.3 Å². The Morgan fingerprint density at radius 1 is 1.32 bits per heavy atom. The molecule has 0 aliphatic heterocycles. The number of fused-ring (bicyclic) bond motifs is 1. The van der Waals surface area contributed by atoms with Crippen molar-refractivity contribution >= 4 is 22.9 Å². The zero-order valence-electron chi connectivity index (χ0n) is 10.3. The van der Waals surface area contributed by atoms with Gasteiger partial charge >= 0.3 is 0 Å². The standard InChI is InChI=1S/C13H12N4OS/c1-9(14-13(18)10-5-4-8-19-10)12-16-15-11-6-2-3-7-17(11)12/h2-9H,1H3,(H,14,18)/t9-/m1/s1. The molecule has 0 spiro atoms. The van der Waals surface area contributed by atoms with Gasteiger partial charge in [-0.25, -0.2) is 0 Å². The zero-order valence-corrected chi connectivity index (χ0v) is 11.1. The lowest BCUT2D eigenvalue weighted by molar-refractivity contribution is 0.0942. The number of aromatic nitrogens is 3. The molecule has 0 aliphatic carbocycles. The third kappa shape index (κ3) is 2.22. The number of amides is 1. The van der Waals surface area contributed by atoms with Crippen molar-refractivity contribution in [3.8, 4) is 0 Å². The van der Waals surface area contributed by atoms with Crippen molar-refractivity contribution in [1.29, 1.82) is 0 Å². The Balaban J connectivity index is 1.84. The van der Waals surface area contributed by atoms with Crippen LogP contribution in [0.4, 0.5) is 0 Å². The fraction of sp³-hybridized carbons (Fsp3) is 0.154. The van der Waals surface area contributed by atoms with Crippen LogP contribution < -0.4 is 5.32 Å². The maximum atomic E-state index is 12.0. The fourth-order valence-electron chi connectivity index (χ4n) is 1.90. The highest BCUT2D eigenvalue weighted by atomic mass is 32.1. The highest BCUT2D eigenvalue weighted by molar-refractivity contribution is 7.12. The van der Waals surface area contributed by atoms with Crippen LogP contribution in [0, 0.1) is 0 Å². The van der Waals surface area contributed by atoms with E-state index in [4.69, 9.17) is 0 Å². The Labute approximate surface area is 113 Å². The van der Waals surface area contributed by atoms with E-state index in [9.17, 15) is 4.79 Å². The van der Waals surface area contributed by atoms with E-state index in [-0.39, 0.29) is 11.9 Å². The van der Waals surface area contributed by atoms with E-state index in [0.717, 1.165) is 11.5 Å². The van der Waals surface area contributed by atoms with Crippen molar-refractivity contribution in [1.82, 2.24) is 19.9 Å². The van der Waals surface area contributed by atoms with E-state index < -0.39 is 0 Å². The molecule has 5 nitrogen and oxygen atoms in total. The van der Waals surface area contributed by atoms with Crippen LogP contribution in [0.15, 0.2) is 41.9 Å². The molecular formula is C13H12N4OS.